The van der Waals surface area contributed by atoms with E-state index in [1.165, 1.54) is 5.56 Å². The van der Waals surface area contributed by atoms with Gasteiger partial charge in [-0.15, -0.1) is 0 Å². The molecular formula is C20H24N2O4. The molecule has 2 amide bonds. The summed E-state index contributed by atoms with van der Waals surface area (Å²) in [6.07, 6.45) is 0. The average Bonchev–Trinajstić information content (AvgIpc) is 2.65. The minimum atomic E-state index is -0.241. The highest BCUT2D eigenvalue weighted by Gasteiger charge is 2.05. The number of amides is 2. The number of carbonyl (C=O) groups excluding carboxylic acids is 2. The summed E-state index contributed by atoms with van der Waals surface area (Å²) >= 11 is 0. The first-order chi connectivity index (χ1) is 12.5. The van der Waals surface area contributed by atoms with E-state index in [9.17, 15) is 9.59 Å². The van der Waals surface area contributed by atoms with Gasteiger partial charge in [0.05, 0.1) is 0 Å². The van der Waals surface area contributed by atoms with Crippen LogP contribution in [-0.4, -0.2) is 38.1 Å². The largest absolute Gasteiger partial charge is 0.484 e. The summed E-state index contributed by atoms with van der Waals surface area (Å²) in [6.45, 7) is 4.54. The lowest BCUT2D eigenvalue weighted by atomic mass is 10.1. The minimum Gasteiger partial charge on any atom is -0.484 e. The molecule has 2 N–H and O–H groups in total. The van der Waals surface area contributed by atoms with Crippen LogP contribution in [0, 0.1) is 13.8 Å². The van der Waals surface area contributed by atoms with Crippen LogP contribution in [0.3, 0.4) is 0 Å². The van der Waals surface area contributed by atoms with Crippen molar-refractivity contribution in [2.24, 2.45) is 0 Å². The fourth-order valence-corrected chi connectivity index (χ4v) is 2.12. The van der Waals surface area contributed by atoms with Gasteiger partial charge in [-0.3, -0.25) is 9.59 Å². The van der Waals surface area contributed by atoms with Gasteiger partial charge in [-0.25, -0.2) is 0 Å². The predicted molar refractivity (Wildman–Crippen MR) is 99.4 cm³/mol. The fourth-order valence-electron chi connectivity index (χ4n) is 2.12. The van der Waals surface area contributed by atoms with Crippen LogP contribution in [-0.2, 0) is 9.59 Å². The number of nitrogens with one attached hydrogen (secondary N) is 2. The molecule has 0 aromatic heterocycles. The molecule has 0 heterocycles. The Morgan fingerprint density at radius 3 is 1.92 bits per heavy atom. The number of hydrogen-bond donors (Lipinski definition) is 2. The van der Waals surface area contributed by atoms with Crippen LogP contribution in [0.2, 0.25) is 0 Å². The molecule has 0 aliphatic heterocycles. The lowest BCUT2D eigenvalue weighted by Gasteiger charge is -2.10. The van der Waals surface area contributed by atoms with Crippen molar-refractivity contribution >= 4 is 11.8 Å². The Hall–Kier alpha value is -3.02. The van der Waals surface area contributed by atoms with Crippen molar-refractivity contribution in [2.45, 2.75) is 13.8 Å². The Labute approximate surface area is 153 Å². The fraction of sp³-hybridized carbons (Fsp3) is 0.300. The molecule has 6 heteroatoms. The van der Waals surface area contributed by atoms with E-state index in [0.717, 1.165) is 5.56 Å². The Morgan fingerprint density at radius 1 is 0.769 bits per heavy atom. The normalized spacial score (nSPS) is 10.1. The molecule has 0 saturated carbocycles. The number of carbonyl (C=O) groups is 2. The Bertz CT molecular complexity index is 732. The van der Waals surface area contributed by atoms with Gasteiger partial charge in [-0.2, -0.15) is 0 Å². The molecule has 138 valence electrons. The van der Waals surface area contributed by atoms with Crippen LogP contribution in [0.15, 0.2) is 48.5 Å². The topological polar surface area (TPSA) is 76.7 Å². The van der Waals surface area contributed by atoms with E-state index in [-0.39, 0.29) is 25.0 Å². The molecule has 0 aliphatic rings. The zero-order valence-corrected chi connectivity index (χ0v) is 15.1. The van der Waals surface area contributed by atoms with Crippen LogP contribution in [0.1, 0.15) is 11.1 Å². The highest BCUT2D eigenvalue weighted by molar-refractivity contribution is 5.78. The number of ether oxygens (including phenoxy) is 2. The number of aryl methyl sites for hydroxylation is 2. The van der Waals surface area contributed by atoms with Gasteiger partial charge >= 0.3 is 0 Å². The second-order valence-corrected chi connectivity index (χ2v) is 5.84. The summed E-state index contributed by atoms with van der Waals surface area (Å²) in [4.78, 5) is 23.4. The molecule has 0 unspecified atom stereocenters. The van der Waals surface area contributed by atoms with Crippen LogP contribution >= 0.6 is 0 Å². The predicted octanol–water partition coefficient (Wildman–Crippen LogP) is 1.99. The first kappa shape index (κ1) is 19.3. The number of rotatable bonds is 9. The third-order valence-electron chi connectivity index (χ3n) is 3.73. The SMILES string of the molecule is Cc1ccc(OCC(=O)NCCNC(=O)COc2ccccc2)cc1C. The van der Waals surface area contributed by atoms with Crippen molar-refractivity contribution in [1.29, 1.82) is 0 Å². The number of para-hydroxylation sites is 1. The molecule has 0 fully saturated rings. The quantitative estimate of drug-likeness (QED) is 0.674. The highest BCUT2D eigenvalue weighted by atomic mass is 16.5. The van der Waals surface area contributed by atoms with Gasteiger partial charge in [0.25, 0.3) is 11.8 Å². The van der Waals surface area contributed by atoms with Crippen molar-refractivity contribution in [3.8, 4) is 11.5 Å². The number of hydrogen-bond acceptors (Lipinski definition) is 4. The lowest BCUT2D eigenvalue weighted by Crippen LogP contribution is -2.38. The standard InChI is InChI=1S/C20H24N2O4/c1-15-8-9-18(12-16(15)2)26-14-20(24)22-11-10-21-19(23)13-25-17-6-4-3-5-7-17/h3-9,12H,10-11,13-14H2,1-2H3,(H,21,23)(H,22,24). The summed E-state index contributed by atoms with van der Waals surface area (Å²) < 4.78 is 10.8. The average molecular weight is 356 g/mol. The maximum Gasteiger partial charge on any atom is 0.258 e. The zero-order valence-electron chi connectivity index (χ0n) is 15.1. The first-order valence-corrected chi connectivity index (χ1v) is 8.46. The van der Waals surface area contributed by atoms with Gasteiger partial charge in [0.2, 0.25) is 0 Å². The van der Waals surface area contributed by atoms with Crippen LogP contribution < -0.4 is 20.1 Å². The zero-order chi connectivity index (χ0) is 18.8. The third-order valence-corrected chi connectivity index (χ3v) is 3.73. The molecule has 2 aromatic rings. The van der Waals surface area contributed by atoms with E-state index < -0.39 is 0 Å². The van der Waals surface area contributed by atoms with Crippen molar-refractivity contribution in [1.82, 2.24) is 10.6 Å². The highest BCUT2D eigenvalue weighted by Crippen LogP contribution is 2.16. The lowest BCUT2D eigenvalue weighted by molar-refractivity contribution is -0.124. The molecule has 0 spiro atoms. The molecule has 0 saturated heterocycles. The first-order valence-electron chi connectivity index (χ1n) is 8.46. The van der Waals surface area contributed by atoms with Gasteiger partial charge in [-0.05, 0) is 49.2 Å². The van der Waals surface area contributed by atoms with Gasteiger partial charge in [0.15, 0.2) is 13.2 Å². The van der Waals surface area contributed by atoms with E-state index in [4.69, 9.17) is 9.47 Å². The molecule has 2 rings (SSSR count). The molecule has 26 heavy (non-hydrogen) atoms. The van der Waals surface area contributed by atoms with Gasteiger partial charge < -0.3 is 20.1 Å². The summed E-state index contributed by atoms with van der Waals surface area (Å²) in [5, 5.41) is 5.36. The second kappa shape index (κ2) is 10.1. The van der Waals surface area contributed by atoms with E-state index >= 15 is 0 Å². The molecule has 6 nitrogen and oxygen atoms in total. The molecule has 0 bridgehead atoms. The van der Waals surface area contributed by atoms with Gasteiger partial charge in [0, 0.05) is 13.1 Å². The van der Waals surface area contributed by atoms with E-state index in [0.29, 0.717) is 24.6 Å². The third kappa shape index (κ3) is 6.84. The summed E-state index contributed by atoms with van der Waals surface area (Å²) in [6, 6.07) is 14.8. The maximum atomic E-state index is 11.8. The van der Waals surface area contributed by atoms with E-state index in [1.54, 1.807) is 12.1 Å². The second-order valence-electron chi connectivity index (χ2n) is 5.84. The molecule has 0 aliphatic carbocycles. The van der Waals surface area contributed by atoms with E-state index in [1.807, 2.05) is 50.2 Å². The Kier molecular flexibility index (Phi) is 7.49. The molecular weight excluding hydrogens is 332 g/mol. The molecule has 0 radical (unpaired) electrons. The van der Waals surface area contributed by atoms with Crippen molar-refractivity contribution < 1.29 is 19.1 Å². The number of benzene rings is 2. The summed E-state index contributed by atoms with van der Waals surface area (Å²) in [7, 11) is 0. The van der Waals surface area contributed by atoms with Crippen molar-refractivity contribution in [3.63, 3.8) is 0 Å². The van der Waals surface area contributed by atoms with Crippen molar-refractivity contribution in [3.05, 3.63) is 59.7 Å². The van der Waals surface area contributed by atoms with Crippen LogP contribution in [0.4, 0.5) is 0 Å². The van der Waals surface area contributed by atoms with Gasteiger partial charge in [0.1, 0.15) is 11.5 Å². The van der Waals surface area contributed by atoms with Crippen molar-refractivity contribution in [2.75, 3.05) is 26.3 Å². The van der Waals surface area contributed by atoms with Gasteiger partial charge in [-0.1, -0.05) is 24.3 Å². The summed E-state index contributed by atoms with van der Waals surface area (Å²) in [5.41, 5.74) is 2.29. The summed E-state index contributed by atoms with van der Waals surface area (Å²) in [5.74, 6) is 0.821. The van der Waals surface area contributed by atoms with Crippen LogP contribution in [0.25, 0.3) is 0 Å². The molecule has 2 aromatic carbocycles. The van der Waals surface area contributed by atoms with Crippen LogP contribution in [0.5, 0.6) is 11.5 Å². The smallest absolute Gasteiger partial charge is 0.258 e. The Balaban J connectivity index is 1.56. The minimum absolute atomic E-state index is 0.0617. The Morgan fingerprint density at radius 2 is 1.35 bits per heavy atom. The monoisotopic (exact) mass is 356 g/mol. The maximum absolute atomic E-state index is 11.8. The molecule has 0 atom stereocenters. The van der Waals surface area contributed by atoms with E-state index in [2.05, 4.69) is 10.6 Å².